The van der Waals surface area contributed by atoms with Crippen LogP contribution >= 0.6 is 24.2 Å². The maximum absolute atomic E-state index is 13.4. The number of amides is 2. The fraction of sp³-hybridized carbons (Fsp3) is 0.771. The second kappa shape index (κ2) is 23.0. The summed E-state index contributed by atoms with van der Waals surface area (Å²) in [4.78, 5) is 18.0. The number of carbonyl (C=O) groups is 1. The van der Waals surface area contributed by atoms with Crippen LogP contribution in [0.3, 0.4) is 0 Å². The molecule has 2 rings (SSSR count). The van der Waals surface area contributed by atoms with Crippen LogP contribution in [0.25, 0.3) is 0 Å². The molecule has 0 unspecified atom stereocenters. The number of aryl methyl sites for hydroxylation is 1. The number of carbonyl (C=O) groups excluding carboxylic acids is 1. The first-order valence-corrected chi connectivity index (χ1v) is 18.6. The normalized spacial score (nSPS) is 13.0. The average Bonchev–Trinajstić information content (AvgIpc) is 3.54. The minimum Gasteiger partial charge on any atom is -0.372 e. The summed E-state index contributed by atoms with van der Waals surface area (Å²) in [6, 6.07) is 6.33. The number of unbranched alkanes of at least 4 members (excludes halogenated alkanes) is 15. The highest BCUT2D eigenvalue weighted by Crippen LogP contribution is 2.32. The molecule has 1 aromatic rings. The number of nitrogens with one attached hydrogen (secondary N) is 1. The summed E-state index contributed by atoms with van der Waals surface area (Å²) in [7, 11) is 0. The van der Waals surface area contributed by atoms with Crippen LogP contribution in [0.15, 0.2) is 18.2 Å². The lowest BCUT2D eigenvalue weighted by Crippen LogP contribution is -2.39. The van der Waals surface area contributed by atoms with Crippen LogP contribution in [0, 0.1) is 6.92 Å². The zero-order valence-electron chi connectivity index (χ0n) is 27.6. The van der Waals surface area contributed by atoms with Crippen molar-refractivity contribution in [1.29, 1.82) is 0 Å². The molecule has 1 aliphatic rings. The number of hydrogen-bond donors (Lipinski definition) is 1. The van der Waals surface area contributed by atoms with Gasteiger partial charge in [-0.25, -0.2) is 9.10 Å². The Hall–Kier alpha value is -1.47. The standard InChI is InChI=1S/C35H62N4OS2/c1-5-8-9-10-11-12-13-14-15-16-17-18-19-20-21-22-27-36-34(40)39(42-35(41)38-28-23-24-29-38)33-26-25-32(30-31(33)4)37(6-2)7-3/h25-26,30H,5-24,27-29H2,1-4H3,(H,36,40). The molecular weight excluding hydrogens is 557 g/mol. The van der Waals surface area contributed by atoms with Crippen molar-refractivity contribution in [3.05, 3.63) is 23.8 Å². The summed E-state index contributed by atoms with van der Waals surface area (Å²) in [6.07, 6.45) is 24.0. The van der Waals surface area contributed by atoms with Crippen molar-refractivity contribution in [3.8, 4) is 0 Å². The van der Waals surface area contributed by atoms with Crippen molar-refractivity contribution in [3.63, 3.8) is 0 Å². The molecule has 0 aromatic heterocycles. The summed E-state index contributed by atoms with van der Waals surface area (Å²) in [5.41, 5.74) is 3.21. The third-order valence-electron chi connectivity index (χ3n) is 8.55. The monoisotopic (exact) mass is 618 g/mol. The van der Waals surface area contributed by atoms with E-state index in [1.165, 1.54) is 127 Å². The molecule has 0 atom stereocenters. The zero-order chi connectivity index (χ0) is 30.4. The van der Waals surface area contributed by atoms with Crippen LogP contribution in [-0.4, -0.2) is 48.0 Å². The first-order valence-electron chi connectivity index (χ1n) is 17.4. The van der Waals surface area contributed by atoms with E-state index in [4.69, 9.17) is 12.2 Å². The zero-order valence-corrected chi connectivity index (χ0v) is 29.2. The van der Waals surface area contributed by atoms with Gasteiger partial charge in [-0.3, -0.25) is 0 Å². The Morgan fingerprint density at radius 3 is 1.79 bits per heavy atom. The van der Waals surface area contributed by atoms with E-state index < -0.39 is 0 Å². The molecule has 0 bridgehead atoms. The Balaban J connectivity index is 1.68. The van der Waals surface area contributed by atoms with Crippen LogP contribution in [0.4, 0.5) is 16.2 Å². The molecule has 0 saturated carbocycles. The van der Waals surface area contributed by atoms with E-state index in [1.54, 1.807) is 4.31 Å². The molecule has 7 heteroatoms. The lowest BCUT2D eigenvalue weighted by molar-refractivity contribution is 0.249. The van der Waals surface area contributed by atoms with Crippen molar-refractivity contribution >= 4 is 45.9 Å². The van der Waals surface area contributed by atoms with Gasteiger partial charge >= 0.3 is 6.03 Å². The van der Waals surface area contributed by atoms with Gasteiger partial charge in [0.25, 0.3) is 0 Å². The van der Waals surface area contributed by atoms with Crippen molar-refractivity contribution < 1.29 is 4.79 Å². The Morgan fingerprint density at radius 2 is 1.31 bits per heavy atom. The van der Waals surface area contributed by atoms with E-state index in [2.05, 4.69) is 61.0 Å². The number of anilines is 2. The first-order chi connectivity index (χ1) is 20.5. The van der Waals surface area contributed by atoms with E-state index >= 15 is 0 Å². The van der Waals surface area contributed by atoms with Crippen LogP contribution in [0.5, 0.6) is 0 Å². The molecule has 5 nitrogen and oxygen atoms in total. The molecule has 240 valence electrons. The summed E-state index contributed by atoms with van der Waals surface area (Å²) in [5.74, 6) is 0. The van der Waals surface area contributed by atoms with Gasteiger partial charge in [0.2, 0.25) is 0 Å². The van der Waals surface area contributed by atoms with E-state index in [0.29, 0.717) is 6.54 Å². The Kier molecular flexibility index (Phi) is 20.1. The highest BCUT2D eigenvalue weighted by Gasteiger charge is 2.24. The molecule has 1 heterocycles. The highest BCUT2D eigenvalue weighted by molar-refractivity contribution is 8.24. The second-order valence-electron chi connectivity index (χ2n) is 12.0. The number of rotatable bonds is 21. The molecule has 1 saturated heterocycles. The summed E-state index contributed by atoms with van der Waals surface area (Å²) in [5, 5.41) is 3.19. The van der Waals surface area contributed by atoms with Gasteiger partial charge in [0.05, 0.1) is 5.69 Å². The summed E-state index contributed by atoms with van der Waals surface area (Å²) < 4.78 is 2.58. The number of urea groups is 1. The largest absolute Gasteiger partial charge is 0.372 e. The lowest BCUT2D eigenvalue weighted by Gasteiger charge is -2.28. The number of benzene rings is 1. The molecule has 1 aliphatic heterocycles. The SMILES string of the molecule is CCCCCCCCCCCCCCCCCCNC(=O)N(SC(=S)N1CCCC1)c1ccc(N(CC)CC)cc1C. The maximum atomic E-state index is 13.4. The molecule has 1 fully saturated rings. The number of hydrogen-bond acceptors (Lipinski definition) is 4. The summed E-state index contributed by atoms with van der Waals surface area (Å²) >= 11 is 7.17. The molecule has 1 aromatic carbocycles. The molecule has 42 heavy (non-hydrogen) atoms. The molecule has 2 amide bonds. The van der Waals surface area contributed by atoms with Gasteiger partial charge in [0.15, 0.2) is 4.32 Å². The number of thiocarbonyl (C=S) groups is 1. The van der Waals surface area contributed by atoms with Gasteiger partial charge < -0.3 is 15.1 Å². The van der Waals surface area contributed by atoms with Gasteiger partial charge in [-0.05, 0) is 63.8 Å². The third-order valence-corrected chi connectivity index (χ3v) is 9.99. The predicted octanol–water partition coefficient (Wildman–Crippen LogP) is 10.6. The molecule has 0 radical (unpaired) electrons. The van der Waals surface area contributed by atoms with Crippen LogP contribution in [0.1, 0.15) is 142 Å². The second-order valence-corrected chi connectivity index (χ2v) is 13.6. The average molecular weight is 619 g/mol. The quantitative estimate of drug-likeness (QED) is 0.0843. The number of nitrogens with zero attached hydrogens (tertiary/aromatic N) is 3. The topological polar surface area (TPSA) is 38.8 Å². The minimum atomic E-state index is -0.0683. The molecule has 1 N–H and O–H groups in total. The Bertz CT molecular complexity index is 871. The van der Waals surface area contributed by atoms with Crippen LogP contribution < -0.4 is 14.5 Å². The molecule has 0 spiro atoms. The van der Waals surface area contributed by atoms with Gasteiger partial charge in [-0.1, -0.05) is 115 Å². The smallest absolute Gasteiger partial charge is 0.332 e. The van der Waals surface area contributed by atoms with Crippen molar-refractivity contribution in [2.24, 2.45) is 0 Å². The van der Waals surface area contributed by atoms with E-state index in [0.717, 1.165) is 48.2 Å². The fourth-order valence-electron chi connectivity index (χ4n) is 5.83. The predicted molar refractivity (Wildman–Crippen MR) is 191 cm³/mol. The van der Waals surface area contributed by atoms with Gasteiger partial charge in [-0.15, -0.1) is 0 Å². The van der Waals surface area contributed by atoms with Gasteiger partial charge in [0.1, 0.15) is 0 Å². The van der Waals surface area contributed by atoms with Gasteiger partial charge in [-0.2, -0.15) is 0 Å². The molecule has 0 aliphatic carbocycles. The van der Waals surface area contributed by atoms with Crippen molar-refractivity contribution in [2.45, 2.75) is 143 Å². The first kappa shape index (κ1) is 36.7. The minimum absolute atomic E-state index is 0.0683. The Morgan fingerprint density at radius 1 is 0.810 bits per heavy atom. The van der Waals surface area contributed by atoms with E-state index in [9.17, 15) is 4.79 Å². The summed E-state index contributed by atoms with van der Waals surface area (Å²) in [6.45, 7) is 13.3. The van der Waals surface area contributed by atoms with Crippen LogP contribution in [-0.2, 0) is 0 Å². The maximum Gasteiger partial charge on any atom is 0.332 e. The number of likely N-dealkylation sites (tertiary alicyclic amines) is 1. The van der Waals surface area contributed by atoms with Crippen molar-refractivity contribution in [2.75, 3.05) is 41.9 Å². The Labute approximate surface area is 269 Å². The fourth-order valence-corrected chi connectivity index (χ4v) is 7.14. The molecular formula is C35H62N4OS2. The van der Waals surface area contributed by atoms with E-state index in [-0.39, 0.29) is 6.03 Å². The lowest BCUT2D eigenvalue weighted by atomic mass is 10.0. The highest BCUT2D eigenvalue weighted by atomic mass is 32.2. The van der Waals surface area contributed by atoms with Crippen LogP contribution in [0.2, 0.25) is 0 Å². The van der Waals surface area contributed by atoms with Crippen molar-refractivity contribution in [1.82, 2.24) is 10.2 Å². The third kappa shape index (κ3) is 14.3. The van der Waals surface area contributed by atoms with Gasteiger partial charge in [0, 0.05) is 50.4 Å². The van der Waals surface area contributed by atoms with E-state index in [1.807, 2.05) is 0 Å².